The molecule has 0 saturated heterocycles. The molecule has 0 N–H and O–H groups in total. The summed E-state index contributed by atoms with van der Waals surface area (Å²) in [6, 6.07) is 80.2. The van der Waals surface area contributed by atoms with Crippen LogP contribution in [-0.4, -0.2) is 19.9 Å². The molecule has 0 radical (unpaired) electrons. The summed E-state index contributed by atoms with van der Waals surface area (Å²) in [5.74, 6) is 0. The zero-order valence-corrected chi connectivity index (χ0v) is 40.2. The van der Waals surface area contributed by atoms with Crippen molar-refractivity contribution < 1.29 is 0 Å². The van der Waals surface area contributed by atoms with Gasteiger partial charge in [-0.05, 0) is 193 Å². The number of benzene rings is 10. The summed E-state index contributed by atoms with van der Waals surface area (Å²) in [5.41, 5.74) is 18.1. The van der Waals surface area contributed by atoms with Gasteiger partial charge in [-0.1, -0.05) is 146 Å². The Bertz CT molecular complexity index is 3890. The van der Waals surface area contributed by atoms with E-state index in [1.54, 1.807) is 0 Å². The maximum atomic E-state index is 4.45. The molecule has 0 bridgehead atoms. The van der Waals surface area contributed by atoms with Crippen molar-refractivity contribution in [2.45, 2.75) is 0 Å². The van der Waals surface area contributed by atoms with Gasteiger partial charge < -0.3 is 0 Å². The predicted octanol–water partition coefficient (Wildman–Crippen LogP) is 18.4. The second-order valence-electron chi connectivity index (χ2n) is 19.1. The lowest BCUT2D eigenvalue weighted by Crippen LogP contribution is -1.92. The molecule has 0 aliphatic rings. The minimum Gasteiger partial charge on any atom is -0.264 e. The quantitative estimate of drug-likeness (QED) is 0.142. The first-order valence-electron chi connectivity index (χ1n) is 25.0. The Kier molecular flexibility index (Phi) is 10.5. The topological polar surface area (TPSA) is 51.6 Å². The van der Waals surface area contributed by atoms with Crippen LogP contribution in [-0.2, 0) is 0 Å². The van der Waals surface area contributed by atoms with Crippen molar-refractivity contribution in [3.8, 4) is 89.0 Å². The van der Waals surface area contributed by atoms with Crippen LogP contribution in [0.4, 0.5) is 0 Å². The Labute approximate surface area is 428 Å². The van der Waals surface area contributed by atoms with E-state index >= 15 is 0 Å². The van der Waals surface area contributed by atoms with Gasteiger partial charge in [-0.2, -0.15) is 0 Å². The monoisotopic (exact) mass is 940 g/mol. The van der Waals surface area contributed by atoms with Crippen molar-refractivity contribution in [2.24, 2.45) is 0 Å². The lowest BCUT2D eigenvalue weighted by atomic mass is 9.84. The molecule has 0 saturated carbocycles. The fourth-order valence-corrected chi connectivity index (χ4v) is 11.1. The van der Waals surface area contributed by atoms with Crippen molar-refractivity contribution in [2.75, 3.05) is 0 Å². The summed E-state index contributed by atoms with van der Waals surface area (Å²) in [5, 5.41) is 12.1. The van der Waals surface area contributed by atoms with Gasteiger partial charge in [-0.25, -0.2) is 0 Å². The molecule has 0 unspecified atom stereocenters. The van der Waals surface area contributed by atoms with Gasteiger partial charge in [-0.15, -0.1) is 0 Å². The number of nitrogens with zero attached hydrogens (tertiary/aromatic N) is 4. The van der Waals surface area contributed by atoms with Crippen LogP contribution >= 0.6 is 0 Å². The number of rotatable bonds is 8. The molecule has 10 aromatic carbocycles. The van der Waals surface area contributed by atoms with Crippen LogP contribution in [0.15, 0.2) is 268 Å². The van der Waals surface area contributed by atoms with Gasteiger partial charge in [0, 0.05) is 71.8 Å². The Morgan fingerprint density at radius 1 is 0.162 bits per heavy atom. The van der Waals surface area contributed by atoms with Crippen LogP contribution in [0.1, 0.15) is 0 Å². The van der Waals surface area contributed by atoms with Crippen LogP contribution in [0.25, 0.3) is 143 Å². The molecule has 0 aliphatic carbocycles. The number of hydrogen-bond acceptors (Lipinski definition) is 4. The van der Waals surface area contributed by atoms with E-state index in [0.717, 1.165) is 89.0 Å². The molecule has 0 fully saturated rings. The number of hydrogen-bond donors (Lipinski definition) is 0. The Balaban J connectivity index is 1.09. The van der Waals surface area contributed by atoms with Crippen molar-refractivity contribution in [3.05, 3.63) is 268 Å². The van der Waals surface area contributed by atoms with Crippen LogP contribution in [0.2, 0.25) is 0 Å². The molecular weight excluding hydrogens is 897 g/mol. The van der Waals surface area contributed by atoms with Gasteiger partial charge in [0.15, 0.2) is 0 Å². The molecular formula is C70H44N4. The van der Waals surface area contributed by atoms with Gasteiger partial charge in [0.2, 0.25) is 0 Å². The Morgan fingerprint density at radius 2 is 0.365 bits per heavy atom. The largest absolute Gasteiger partial charge is 0.264 e. The first-order chi connectivity index (χ1) is 36.7. The predicted molar refractivity (Wildman–Crippen MR) is 309 cm³/mol. The zero-order valence-electron chi connectivity index (χ0n) is 40.2. The number of aromatic nitrogens is 4. The second-order valence-corrected chi connectivity index (χ2v) is 19.1. The van der Waals surface area contributed by atoms with E-state index in [-0.39, 0.29) is 0 Å². The van der Waals surface area contributed by atoms with Crippen LogP contribution in [0, 0.1) is 0 Å². The minimum absolute atomic E-state index is 1.09. The number of fused-ring (bicyclic) bond motifs is 11. The van der Waals surface area contributed by atoms with Gasteiger partial charge in [0.05, 0.1) is 0 Å². The molecule has 4 heteroatoms. The van der Waals surface area contributed by atoms with Gasteiger partial charge in [-0.3, -0.25) is 19.9 Å². The summed E-state index contributed by atoms with van der Waals surface area (Å²) in [7, 11) is 0. The van der Waals surface area contributed by atoms with E-state index in [1.165, 1.54) is 53.9 Å². The minimum atomic E-state index is 1.09. The maximum Gasteiger partial charge on any atom is 0.0346 e. The van der Waals surface area contributed by atoms with E-state index < -0.39 is 0 Å². The molecule has 14 rings (SSSR count). The van der Waals surface area contributed by atoms with E-state index in [2.05, 4.69) is 214 Å². The van der Waals surface area contributed by atoms with Crippen molar-refractivity contribution in [3.63, 3.8) is 0 Å². The molecule has 344 valence electrons. The third-order valence-electron chi connectivity index (χ3n) is 14.7. The van der Waals surface area contributed by atoms with E-state index in [4.69, 9.17) is 0 Å². The van der Waals surface area contributed by atoms with Gasteiger partial charge in [0.1, 0.15) is 0 Å². The highest BCUT2D eigenvalue weighted by atomic mass is 14.6. The maximum absolute atomic E-state index is 4.45. The smallest absolute Gasteiger partial charge is 0.0346 e. The third kappa shape index (κ3) is 7.65. The molecule has 0 atom stereocenters. The van der Waals surface area contributed by atoms with Crippen molar-refractivity contribution in [1.29, 1.82) is 0 Å². The lowest BCUT2D eigenvalue weighted by Gasteiger charge is -2.19. The highest BCUT2D eigenvalue weighted by Gasteiger charge is 2.20. The average Bonchev–Trinajstić information content (AvgIpc) is 3.50. The SMILES string of the molecule is c1cncc(-c2cccc(-c3ccc4c5ccc(-c6cccc(-c7cccnc7)c6)cc5c5c6cc(-c7cccc(-c8cccnc8)c7)ccc6c6ccc(-c7cccc(-c8cccnc8)c7)cc6c5c4c3)c2)c1. The average molecular weight is 941 g/mol. The first-order valence-corrected chi connectivity index (χ1v) is 25.0. The molecule has 0 aliphatic heterocycles. The molecule has 0 amide bonds. The molecule has 4 heterocycles. The van der Waals surface area contributed by atoms with Crippen molar-refractivity contribution >= 4 is 53.9 Å². The summed E-state index contributed by atoms with van der Waals surface area (Å²) >= 11 is 0. The van der Waals surface area contributed by atoms with Crippen LogP contribution in [0.5, 0.6) is 0 Å². The Morgan fingerprint density at radius 3 is 0.581 bits per heavy atom. The van der Waals surface area contributed by atoms with Crippen LogP contribution in [0.3, 0.4) is 0 Å². The molecule has 74 heavy (non-hydrogen) atoms. The fourth-order valence-electron chi connectivity index (χ4n) is 11.1. The highest BCUT2D eigenvalue weighted by molar-refractivity contribution is 6.40. The summed E-state index contributed by atoms with van der Waals surface area (Å²) in [6.07, 6.45) is 15.1. The molecule has 0 spiro atoms. The van der Waals surface area contributed by atoms with E-state index in [1.807, 2.05) is 73.8 Å². The normalized spacial score (nSPS) is 11.5. The van der Waals surface area contributed by atoms with Crippen LogP contribution < -0.4 is 0 Å². The second kappa shape index (κ2) is 18.1. The van der Waals surface area contributed by atoms with E-state index in [9.17, 15) is 0 Å². The van der Waals surface area contributed by atoms with E-state index in [0.29, 0.717) is 0 Å². The third-order valence-corrected chi connectivity index (χ3v) is 14.7. The highest BCUT2D eigenvalue weighted by Crippen LogP contribution is 2.48. The first kappa shape index (κ1) is 42.9. The zero-order chi connectivity index (χ0) is 49.0. The number of pyridine rings is 4. The summed E-state index contributed by atoms with van der Waals surface area (Å²) in [4.78, 5) is 17.8. The summed E-state index contributed by atoms with van der Waals surface area (Å²) < 4.78 is 0. The van der Waals surface area contributed by atoms with Gasteiger partial charge >= 0.3 is 0 Å². The standard InChI is InChI=1S/C70H44N4/c1-9-45(33-49(13-1)57-17-5-29-71-41-57)53-21-25-61-62-26-22-55(47-11-3-15-51(35-47)59-19-7-31-73-43-59)39-67(62)70-68-40-56(48-12-4-16-52(36-48)60-20-8-32-74-44-60)24-28-64(68)63-27-23-54(38-66(63)69(70)65(61)37-53)46-10-2-14-50(34-46)58-18-6-30-72-42-58/h1-44H. The Hall–Kier alpha value is -9.90. The van der Waals surface area contributed by atoms with Crippen molar-refractivity contribution in [1.82, 2.24) is 19.9 Å². The fraction of sp³-hybridized carbons (Fsp3) is 0. The lowest BCUT2D eigenvalue weighted by molar-refractivity contribution is 1.33. The summed E-state index contributed by atoms with van der Waals surface area (Å²) in [6.45, 7) is 0. The van der Waals surface area contributed by atoms with Gasteiger partial charge in [0.25, 0.3) is 0 Å². The molecule has 14 aromatic rings. The molecule has 4 aromatic heterocycles. The molecule has 4 nitrogen and oxygen atoms in total.